The monoisotopic (exact) mass is 433 g/mol. The van der Waals surface area contributed by atoms with Crippen LogP contribution in [0, 0.1) is 3.57 Å². The van der Waals surface area contributed by atoms with Crippen molar-refractivity contribution in [1.82, 2.24) is 4.98 Å². The SMILES string of the molecule is CCOC(=O)Cc1ncc(I)c(CBr)c1C(F)F. The zero-order chi connectivity index (χ0) is 13.7. The summed E-state index contributed by atoms with van der Waals surface area (Å²) in [5.41, 5.74) is 0.380. The molecule has 0 spiro atoms. The standard InChI is InChI=1S/C11H11BrF2INO2/c1-2-18-9(17)3-8-10(11(13)14)6(4-12)7(15)5-16-8/h5,11H,2-4H2,1H3. The van der Waals surface area contributed by atoms with Gasteiger partial charge in [-0.1, -0.05) is 15.9 Å². The van der Waals surface area contributed by atoms with Crippen LogP contribution in [0.1, 0.15) is 30.2 Å². The van der Waals surface area contributed by atoms with E-state index in [2.05, 4.69) is 20.9 Å². The number of rotatable bonds is 5. The molecular weight excluding hydrogens is 423 g/mol. The number of carbonyl (C=O) groups excluding carboxylic acids is 1. The fourth-order valence-electron chi connectivity index (χ4n) is 1.47. The van der Waals surface area contributed by atoms with Crippen LogP contribution in [0.15, 0.2) is 6.20 Å². The number of nitrogens with zero attached hydrogens (tertiary/aromatic N) is 1. The summed E-state index contributed by atoms with van der Waals surface area (Å²) in [6, 6.07) is 0. The highest BCUT2D eigenvalue weighted by Crippen LogP contribution is 2.30. The zero-order valence-corrected chi connectivity index (χ0v) is 13.3. The lowest BCUT2D eigenvalue weighted by molar-refractivity contribution is -0.142. The number of ether oxygens (including phenoxy) is 1. The van der Waals surface area contributed by atoms with Gasteiger partial charge in [0.05, 0.1) is 18.7 Å². The van der Waals surface area contributed by atoms with Crippen LogP contribution < -0.4 is 0 Å². The second kappa shape index (κ2) is 7.32. The minimum atomic E-state index is -2.66. The van der Waals surface area contributed by atoms with Crippen molar-refractivity contribution in [2.75, 3.05) is 6.61 Å². The van der Waals surface area contributed by atoms with Gasteiger partial charge in [-0.15, -0.1) is 0 Å². The fourth-order valence-corrected chi connectivity index (χ4v) is 3.22. The summed E-state index contributed by atoms with van der Waals surface area (Å²) in [5, 5.41) is 0.295. The molecular formula is C11H11BrF2INO2. The van der Waals surface area contributed by atoms with Gasteiger partial charge in [0, 0.05) is 20.7 Å². The largest absolute Gasteiger partial charge is 0.466 e. The van der Waals surface area contributed by atoms with Crippen LogP contribution in [-0.2, 0) is 21.3 Å². The molecule has 1 aromatic heterocycles. The van der Waals surface area contributed by atoms with Gasteiger partial charge in [-0.05, 0) is 35.1 Å². The summed E-state index contributed by atoms with van der Waals surface area (Å²) in [5.74, 6) is -0.548. The maximum Gasteiger partial charge on any atom is 0.311 e. The smallest absolute Gasteiger partial charge is 0.311 e. The van der Waals surface area contributed by atoms with Crippen LogP contribution in [0.2, 0.25) is 0 Å². The Hall–Kier alpha value is -0.310. The molecule has 1 rings (SSSR count). The normalized spacial score (nSPS) is 10.8. The molecule has 0 fully saturated rings. The Kier molecular flexibility index (Phi) is 6.40. The number of aromatic nitrogens is 1. The van der Waals surface area contributed by atoms with Crippen LogP contribution in [0.25, 0.3) is 0 Å². The third-order valence-corrected chi connectivity index (χ3v) is 3.72. The first-order valence-electron chi connectivity index (χ1n) is 5.17. The lowest BCUT2D eigenvalue weighted by atomic mass is 10.1. The highest BCUT2D eigenvalue weighted by molar-refractivity contribution is 14.1. The van der Waals surface area contributed by atoms with Gasteiger partial charge in [0.2, 0.25) is 0 Å². The van der Waals surface area contributed by atoms with Crippen LogP contribution >= 0.6 is 38.5 Å². The maximum atomic E-state index is 13.1. The number of carbonyl (C=O) groups is 1. The first kappa shape index (κ1) is 15.7. The van der Waals surface area contributed by atoms with E-state index in [4.69, 9.17) is 4.74 Å². The lowest BCUT2D eigenvalue weighted by Gasteiger charge is -2.13. The van der Waals surface area contributed by atoms with E-state index in [9.17, 15) is 13.6 Å². The van der Waals surface area contributed by atoms with Gasteiger partial charge in [-0.2, -0.15) is 0 Å². The number of esters is 1. The van der Waals surface area contributed by atoms with Gasteiger partial charge in [-0.3, -0.25) is 9.78 Å². The predicted octanol–water partition coefficient (Wildman–Crippen LogP) is 3.62. The molecule has 0 atom stereocenters. The molecule has 0 unspecified atom stereocenters. The molecule has 0 amide bonds. The van der Waals surface area contributed by atoms with E-state index in [-0.39, 0.29) is 24.3 Å². The van der Waals surface area contributed by atoms with Crippen molar-refractivity contribution in [2.24, 2.45) is 0 Å². The summed E-state index contributed by atoms with van der Waals surface area (Å²) in [6.45, 7) is 1.88. The number of hydrogen-bond donors (Lipinski definition) is 0. The van der Waals surface area contributed by atoms with E-state index in [1.54, 1.807) is 6.92 Å². The van der Waals surface area contributed by atoms with E-state index in [0.717, 1.165) is 0 Å². The Bertz CT molecular complexity index is 443. The number of alkyl halides is 3. The first-order chi connectivity index (χ1) is 8.51. The van der Waals surface area contributed by atoms with Crippen LogP contribution in [-0.4, -0.2) is 17.6 Å². The summed E-state index contributed by atoms with van der Waals surface area (Å²) < 4.78 is 31.5. The highest BCUT2D eigenvalue weighted by atomic mass is 127. The molecule has 3 nitrogen and oxygen atoms in total. The Morgan fingerprint density at radius 3 is 2.78 bits per heavy atom. The molecule has 100 valence electrons. The van der Waals surface area contributed by atoms with Gasteiger partial charge < -0.3 is 4.74 Å². The third-order valence-electron chi connectivity index (χ3n) is 2.23. The molecule has 0 aliphatic carbocycles. The second-order valence-electron chi connectivity index (χ2n) is 3.36. The molecule has 1 aromatic rings. The van der Waals surface area contributed by atoms with Crippen molar-refractivity contribution < 1.29 is 18.3 Å². The quantitative estimate of drug-likeness (QED) is 0.404. The minimum Gasteiger partial charge on any atom is -0.466 e. The van der Waals surface area contributed by atoms with Crippen molar-refractivity contribution in [3.05, 3.63) is 26.6 Å². The topological polar surface area (TPSA) is 39.2 Å². The minimum absolute atomic E-state index is 0.0818. The van der Waals surface area contributed by atoms with Crippen molar-refractivity contribution in [3.63, 3.8) is 0 Å². The van der Waals surface area contributed by atoms with E-state index < -0.39 is 12.4 Å². The second-order valence-corrected chi connectivity index (χ2v) is 5.08. The fraction of sp³-hybridized carbons (Fsp3) is 0.455. The molecule has 0 saturated carbocycles. The van der Waals surface area contributed by atoms with Gasteiger partial charge >= 0.3 is 5.97 Å². The van der Waals surface area contributed by atoms with E-state index in [1.165, 1.54) is 6.20 Å². The Morgan fingerprint density at radius 1 is 1.61 bits per heavy atom. The average Bonchev–Trinajstić information content (AvgIpc) is 2.30. The summed E-state index contributed by atoms with van der Waals surface area (Å²) in [4.78, 5) is 15.3. The van der Waals surface area contributed by atoms with Gasteiger partial charge in [0.25, 0.3) is 6.43 Å². The van der Waals surface area contributed by atoms with Gasteiger partial charge in [0.15, 0.2) is 0 Å². The molecule has 1 heterocycles. The molecule has 0 aliphatic rings. The first-order valence-corrected chi connectivity index (χ1v) is 7.37. The third kappa shape index (κ3) is 3.84. The molecule has 0 aromatic carbocycles. The zero-order valence-electron chi connectivity index (χ0n) is 9.55. The summed E-state index contributed by atoms with van der Waals surface area (Å²) in [6.07, 6.45) is -1.41. The van der Waals surface area contributed by atoms with Crippen molar-refractivity contribution >= 4 is 44.5 Å². The number of halogens is 4. The predicted molar refractivity (Wildman–Crippen MR) is 74.9 cm³/mol. The summed E-state index contributed by atoms with van der Waals surface area (Å²) >= 11 is 5.12. The molecule has 7 heteroatoms. The molecule has 18 heavy (non-hydrogen) atoms. The van der Waals surface area contributed by atoms with Crippen LogP contribution in [0.3, 0.4) is 0 Å². The molecule has 0 radical (unpaired) electrons. The van der Waals surface area contributed by atoms with Crippen molar-refractivity contribution in [3.8, 4) is 0 Å². The molecule has 0 bridgehead atoms. The van der Waals surface area contributed by atoms with E-state index >= 15 is 0 Å². The Morgan fingerprint density at radius 2 is 2.28 bits per heavy atom. The van der Waals surface area contributed by atoms with Crippen molar-refractivity contribution in [1.29, 1.82) is 0 Å². The Labute approximate surface area is 126 Å². The summed E-state index contributed by atoms with van der Waals surface area (Å²) in [7, 11) is 0. The van der Waals surface area contributed by atoms with Crippen LogP contribution in [0.4, 0.5) is 8.78 Å². The Balaban J connectivity index is 3.15. The number of hydrogen-bond acceptors (Lipinski definition) is 3. The lowest BCUT2D eigenvalue weighted by Crippen LogP contribution is -2.13. The molecule has 0 aliphatic heterocycles. The highest BCUT2D eigenvalue weighted by Gasteiger charge is 2.22. The van der Waals surface area contributed by atoms with Gasteiger partial charge in [-0.25, -0.2) is 8.78 Å². The van der Waals surface area contributed by atoms with E-state index in [1.807, 2.05) is 22.6 Å². The van der Waals surface area contributed by atoms with Gasteiger partial charge in [0.1, 0.15) is 0 Å². The van der Waals surface area contributed by atoms with E-state index in [0.29, 0.717) is 14.5 Å². The van der Waals surface area contributed by atoms with Crippen molar-refractivity contribution in [2.45, 2.75) is 25.1 Å². The molecule has 0 saturated heterocycles. The molecule has 0 N–H and O–H groups in total. The maximum absolute atomic E-state index is 13.1. The number of pyridine rings is 1. The average molecular weight is 434 g/mol. The van der Waals surface area contributed by atoms with Crippen LogP contribution in [0.5, 0.6) is 0 Å².